The summed E-state index contributed by atoms with van der Waals surface area (Å²) in [7, 11) is 3.39. The van der Waals surface area contributed by atoms with Gasteiger partial charge >= 0.3 is 6.18 Å². The number of allylic oxidation sites excluding steroid dienone is 1. The number of rotatable bonds is 11. The minimum atomic E-state index is -4.60. The van der Waals surface area contributed by atoms with E-state index in [4.69, 9.17) is 9.47 Å². The fourth-order valence-electron chi connectivity index (χ4n) is 6.90. The molecule has 0 aliphatic carbocycles. The SMILES string of the molecule is CC(=O)Nc1ccc(/C(CC(F)(F)F)=C(\c2ccc(O[C@@H]3CCCN(C/C=C/C(=O)N(C)C)C3)nc2)c2ccc3c(c2)c(F)nn3C2CCCCO2)cc1. The Morgan fingerprint density at radius 2 is 1.78 bits per heavy atom. The maximum Gasteiger partial charge on any atom is 0.393 e. The minimum Gasteiger partial charge on any atom is -0.473 e. The number of hydrogen-bond acceptors (Lipinski definition) is 7. The second-order valence-corrected chi connectivity index (χ2v) is 13.9. The molecule has 0 bridgehead atoms. The summed E-state index contributed by atoms with van der Waals surface area (Å²) in [6, 6.07) is 14.3. The van der Waals surface area contributed by atoms with Crippen LogP contribution < -0.4 is 10.1 Å². The van der Waals surface area contributed by atoms with E-state index in [9.17, 15) is 22.8 Å². The second kappa shape index (κ2) is 16.9. The number of halogens is 4. The summed E-state index contributed by atoms with van der Waals surface area (Å²) in [6.07, 6.45) is 2.49. The molecule has 0 spiro atoms. The van der Waals surface area contributed by atoms with Crippen LogP contribution in [0.2, 0.25) is 0 Å². The van der Waals surface area contributed by atoms with Crippen LogP contribution in [0.25, 0.3) is 22.0 Å². The Bertz CT molecular complexity index is 2000. The maximum atomic E-state index is 15.5. The third kappa shape index (κ3) is 9.71. The van der Waals surface area contributed by atoms with Gasteiger partial charge in [-0.05, 0) is 91.3 Å². The molecular formula is C40H44F4N6O4. The van der Waals surface area contributed by atoms with Crippen molar-refractivity contribution in [3.63, 3.8) is 0 Å². The standard InChI is InChI=1S/C40H44F4N6O4/c1-26(51)46-30-15-11-27(12-16-30)33(23-40(42,43)44)38(28-13-17-34-32(22-28)39(41)47-50(34)37-10-4-5-21-53-37)29-14-18-35(45-24-29)54-31-8-6-19-49(25-31)20-7-9-36(52)48(2)3/h7,9,11-18,22,24,31,37H,4-6,8,10,19-21,23,25H2,1-3H3,(H,46,51)/b9-7+,38-33-/t31-,37?/m1/s1. The molecular weight excluding hydrogens is 704 g/mol. The molecule has 10 nitrogen and oxygen atoms in total. The first-order valence-corrected chi connectivity index (χ1v) is 18.1. The molecule has 6 rings (SSSR count). The lowest BCUT2D eigenvalue weighted by molar-refractivity contribution is -0.124. The van der Waals surface area contributed by atoms with Crippen LogP contribution in [0.3, 0.4) is 0 Å². The number of hydrogen-bond donors (Lipinski definition) is 1. The molecule has 2 aliphatic rings. The highest BCUT2D eigenvalue weighted by Crippen LogP contribution is 2.41. The Balaban J connectivity index is 1.36. The van der Waals surface area contributed by atoms with E-state index in [1.165, 1.54) is 40.9 Å². The predicted octanol–water partition coefficient (Wildman–Crippen LogP) is 7.63. The molecule has 2 saturated heterocycles. The maximum absolute atomic E-state index is 15.5. The van der Waals surface area contributed by atoms with Gasteiger partial charge in [0.15, 0.2) is 6.23 Å². The van der Waals surface area contributed by atoms with Gasteiger partial charge < -0.3 is 19.7 Å². The van der Waals surface area contributed by atoms with Crippen LogP contribution >= 0.6 is 0 Å². The number of carbonyl (C=O) groups excluding carboxylic acids is 2. The van der Waals surface area contributed by atoms with Crippen LogP contribution in [0.1, 0.15) is 68.4 Å². The van der Waals surface area contributed by atoms with Crippen LogP contribution in [0.15, 0.2) is 72.9 Å². The van der Waals surface area contributed by atoms with Gasteiger partial charge in [0.25, 0.3) is 0 Å². The number of nitrogens with zero attached hydrogens (tertiary/aromatic N) is 5. The monoisotopic (exact) mass is 748 g/mol. The first-order chi connectivity index (χ1) is 25.8. The predicted molar refractivity (Wildman–Crippen MR) is 198 cm³/mol. The van der Waals surface area contributed by atoms with Crippen molar-refractivity contribution in [1.29, 1.82) is 0 Å². The molecule has 14 heteroatoms. The Labute approximate surface area is 311 Å². The van der Waals surface area contributed by atoms with Gasteiger partial charge in [-0.1, -0.05) is 24.3 Å². The van der Waals surface area contributed by atoms with Gasteiger partial charge in [-0.15, -0.1) is 5.10 Å². The zero-order valence-corrected chi connectivity index (χ0v) is 30.5. The molecule has 2 amide bonds. The number of nitrogens with one attached hydrogen (secondary N) is 1. The van der Waals surface area contributed by atoms with Gasteiger partial charge in [0.1, 0.15) is 6.10 Å². The normalized spacial score (nSPS) is 18.8. The summed E-state index contributed by atoms with van der Waals surface area (Å²) in [4.78, 5) is 31.8. The van der Waals surface area contributed by atoms with E-state index < -0.39 is 24.8 Å². The van der Waals surface area contributed by atoms with Crippen molar-refractivity contribution in [2.24, 2.45) is 0 Å². The Kier molecular flexibility index (Phi) is 12.1. The van der Waals surface area contributed by atoms with Crippen molar-refractivity contribution in [2.75, 3.05) is 45.7 Å². The molecule has 4 heterocycles. The summed E-state index contributed by atoms with van der Waals surface area (Å²) in [5, 5.41) is 6.93. The number of pyridine rings is 1. The quantitative estimate of drug-likeness (QED) is 0.0957. The molecule has 1 unspecified atom stereocenters. The molecule has 0 radical (unpaired) electrons. The fraction of sp³-hybridized carbons (Fsp3) is 0.400. The molecule has 2 aliphatic heterocycles. The molecule has 2 aromatic heterocycles. The molecule has 0 saturated carbocycles. The van der Waals surface area contributed by atoms with E-state index in [-0.39, 0.29) is 40.0 Å². The molecule has 2 fully saturated rings. The number of benzene rings is 2. The number of anilines is 1. The smallest absolute Gasteiger partial charge is 0.393 e. The number of amides is 2. The van der Waals surface area contributed by atoms with Crippen molar-refractivity contribution in [1.82, 2.24) is 24.6 Å². The molecule has 54 heavy (non-hydrogen) atoms. The summed E-state index contributed by atoms with van der Waals surface area (Å²) in [5.41, 5.74) is 2.05. The third-order valence-electron chi connectivity index (χ3n) is 9.45. The molecule has 2 aromatic carbocycles. The highest BCUT2D eigenvalue weighted by molar-refractivity contribution is 6.01. The largest absolute Gasteiger partial charge is 0.473 e. The van der Waals surface area contributed by atoms with Crippen molar-refractivity contribution in [3.05, 3.63) is 95.6 Å². The Hall–Kier alpha value is -5.08. The number of aromatic nitrogens is 3. The van der Waals surface area contributed by atoms with Crippen LogP contribution in [0, 0.1) is 5.95 Å². The van der Waals surface area contributed by atoms with Crippen LogP contribution in [0.5, 0.6) is 5.88 Å². The second-order valence-electron chi connectivity index (χ2n) is 13.9. The average molecular weight is 749 g/mol. The van der Waals surface area contributed by atoms with Gasteiger partial charge in [0, 0.05) is 70.3 Å². The average Bonchev–Trinajstić information content (AvgIpc) is 3.47. The number of likely N-dealkylation sites (tertiary alicyclic amines) is 1. The Morgan fingerprint density at radius 3 is 2.44 bits per heavy atom. The van der Waals surface area contributed by atoms with E-state index in [0.717, 1.165) is 32.2 Å². The van der Waals surface area contributed by atoms with Crippen molar-refractivity contribution in [2.45, 2.75) is 64.0 Å². The lowest BCUT2D eigenvalue weighted by atomic mass is 9.88. The van der Waals surface area contributed by atoms with E-state index in [1.54, 1.807) is 56.6 Å². The fourth-order valence-corrected chi connectivity index (χ4v) is 6.90. The van der Waals surface area contributed by atoms with E-state index >= 15 is 4.39 Å². The first-order valence-electron chi connectivity index (χ1n) is 18.1. The summed E-state index contributed by atoms with van der Waals surface area (Å²) < 4.78 is 72.4. The molecule has 2 atom stereocenters. The van der Waals surface area contributed by atoms with Gasteiger partial charge in [-0.25, -0.2) is 9.67 Å². The number of likely N-dealkylation sites (N-methyl/N-ethyl adjacent to an activating group) is 1. The number of alkyl halides is 3. The highest BCUT2D eigenvalue weighted by atomic mass is 19.4. The van der Waals surface area contributed by atoms with Gasteiger partial charge in [-0.2, -0.15) is 17.6 Å². The summed E-state index contributed by atoms with van der Waals surface area (Å²) in [5.74, 6) is -0.838. The van der Waals surface area contributed by atoms with E-state index in [1.807, 2.05) is 6.08 Å². The van der Waals surface area contributed by atoms with Gasteiger partial charge in [0.05, 0.1) is 17.3 Å². The van der Waals surface area contributed by atoms with Crippen molar-refractivity contribution in [3.8, 4) is 5.88 Å². The number of ether oxygens (including phenoxy) is 2. The van der Waals surface area contributed by atoms with Crippen LogP contribution in [-0.2, 0) is 14.3 Å². The van der Waals surface area contributed by atoms with E-state index in [2.05, 4.69) is 20.3 Å². The topological polar surface area (TPSA) is 102 Å². The van der Waals surface area contributed by atoms with E-state index in [0.29, 0.717) is 54.3 Å². The first kappa shape index (κ1) is 38.6. The molecule has 4 aromatic rings. The highest BCUT2D eigenvalue weighted by Gasteiger charge is 2.32. The summed E-state index contributed by atoms with van der Waals surface area (Å²) >= 11 is 0. The molecule has 286 valence electrons. The number of piperidine rings is 1. The number of fused-ring (bicyclic) bond motifs is 1. The molecule has 1 N–H and O–H groups in total. The number of carbonyl (C=O) groups is 2. The van der Waals surface area contributed by atoms with Crippen LogP contribution in [-0.4, -0.2) is 89.0 Å². The van der Waals surface area contributed by atoms with Crippen LogP contribution in [0.4, 0.5) is 23.2 Å². The third-order valence-corrected chi connectivity index (χ3v) is 9.45. The lowest BCUT2D eigenvalue weighted by Crippen LogP contribution is -2.41. The Morgan fingerprint density at radius 1 is 1.02 bits per heavy atom. The zero-order valence-electron chi connectivity index (χ0n) is 30.5. The van der Waals surface area contributed by atoms with Crippen molar-refractivity contribution < 1.29 is 36.6 Å². The van der Waals surface area contributed by atoms with Gasteiger partial charge in [0.2, 0.25) is 23.6 Å². The lowest BCUT2D eigenvalue weighted by Gasteiger charge is -2.31. The minimum absolute atomic E-state index is 0.0566. The van der Waals surface area contributed by atoms with Gasteiger partial charge in [-0.3, -0.25) is 14.5 Å². The summed E-state index contributed by atoms with van der Waals surface area (Å²) in [6.45, 7) is 3.93. The zero-order chi connectivity index (χ0) is 38.4. The van der Waals surface area contributed by atoms with Crippen molar-refractivity contribution >= 4 is 39.6 Å².